The van der Waals surface area contributed by atoms with Crippen LogP contribution in [0, 0.1) is 6.92 Å². The zero-order chi connectivity index (χ0) is 16.2. The smallest absolute Gasteiger partial charge is 0.274 e. The van der Waals surface area contributed by atoms with E-state index < -0.39 is 0 Å². The van der Waals surface area contributed by atoms with Gasteiger partial charge in [0.05, 0.1) is 11.7 Å². The van der Waals surface area contributed by atoms with Crippen molar-refractivity contribution in [3.05, 3.63) is 72.0 Å². The Labute approximate surface area is 134 Å². The minimum absolute atomic E-state index is 0.217. The molecular formula is C18H17N3O2. The van der Waals surface area contributed by atoms with E-state index in [1.165, 1.54) is 6.39 Å². The van der Waals surface area contributed by atoms with Crippen LogP contribution in [-0.2, 0) is 0 Å². The molecule has 0 radical (unpaired) electrons. The second-order valence-corrected chi connectivity index (χ2v) is 5.35. The van der Waals surface area contributed by atoms with Crippen LogP contribution in [0.25, 0.3) is 11.3 Å². The van der Waals surface area contributed by atoms with Crippen LogP contribution in [0.4, 0.5) is 0 Å². The Morgan fingerprint density at radius 3 is 2.78 bits per heavy atom. The summed E-state index contributed by atoms with van der Waals surface area (Å²) in [6, 6.07) is 13.1. The van der Waals surface area contributed by atoms with Crippen molar-refractivity contribution in [3.8, 4) is 11.3 Å². The van der Waals surface area contributed by atoms with Gasteiger partial charge in [-0.2, -0.15) is 0 Å². The van der Waals surface area contributed by atoms with Crippen molar-refractivity contribution in [1.29, 1.82) is 0 Å². The third kappa shape index (κ3) is 3.29. The summed E-state index contributed by atoms with van der Waals surface area (Å²) in [5.41, 5.74) is 2.99. The minimum atomic E-state index is -0.284. The monoisotopic (exact) mass is 307 g/mol. The SMILES string of the molecule is Cc1cccc(-c2ocnc2C(=O)NC(C)c2ccccn2)c1. The first-order valence-electron chi connectivity index (χ1n) is 7.37. The van der Waals surface area contributed by atoms with Crippen molar-refractivity contribution < 1.29 is 9.21 Å². The summed E-state index contributed by atoms with van der Waals surface area (Å²) < 4.78 is 5.43. The predicted octanol–water partition coefficient (Wildman–Crippen LogP) is 3.54. The lowest BCUT2D eigenvalue weighted by atomic mass is 10.1. The Morgan fingerprint density at radius 1 is 1.17 bits per heavy atom. The summed E-state index contributed by atoms with van der Waals surface area (Å²) in [6.07, 6.45) is 2.99. The number of carbonyl (C=O) groups excluding carboxylic acids is 1. The molecule has 116 valence electrons. The molecule has 2 heterocycles. The number of hydrogen-bond acceptors (Lipinski definition) is 4. The van der Waals surface area contributed by atoms with Gasteiger partial charge in [-0.15, -0.1) is 0 Å². The molecule has 0 spiro atoms. The third-order valence-electron chi connectivity index (χ3n) is 3.54. The fourth-order valence-electron chi connectivity index (χ4n) is 2.37. The van der Waals surface area contributed by atoms with Gasteiger partial charge < -0.3 is 9.73 Å². The molecule has 3 rings (SSSR count). The number of benzene rings is 1. The molecule has 1 aromatic carbocycles. The zero-order valence-electron chi connectivity index (χ0n) is 13.0. The van der Waals surface area contributed by atoms with Crippen LogP contribution in [0.15, 0.2) is 59.5 Å². The number of amides is 1. The number of rotatable bonds is 4. The van der Waals surface area contributed by atoms with Gasteiger partial charge in [0, 0.05) is 11.8 Å². The van der Waals surface area contributed by atoms with Crippen LogP contribution < -0.4 is 5.32 Å². The van der Waals surface area contributed by atoms with E-state index >= 15 is 0 Å². The highest BCUT2D eigenvalue weighted by molar-refractivity contribution is 5.97. The molecule has 3 aromatic rings. The fourth-order valence-corrected chi connectivity index (χ4v) is 2.37. The number of aryl methyl sites for hydroxylation is 1. The Hall–Kier alpha value is -2.95. The maximum atomic E-state index is 12.5. The second-order valence-electron chi connectivity index (χ2n) is 5.35. The molecule has 0 fully saturated rings. The van der Waals surface area contributed by atoms with Gasteiger partial charge in [-0.05, 0) is 32.0 Å². The molecule has 2 aromatic heterocycles. The molecule has 1 N–H and O–H groups in total. The van der Waals surface area contributed by atoms with Gasteiger partial charge in [0.25, 0.3) is 5.91 Å². The summed E-state index contributed by atoms with van der Waals surface area (Å²) in [5, 5.41) is 2.90. The zero-order valence-corrected chi connectivity index (χ0v) is 13.0. The maximum Gasteiger partial charge on any atom is 0.274 e. The van der Waals surface area contributed by atoms with E-state index in [1.54, 1.807) is 6.20 Å². The number of aromatic nitrogens is 2. The van der Waals surface area contributed by atoms with Crippen LogP contribution in [0.5, 0.6) is 0 Å². The number of oxazole rings is 1. The van der Waals surface area contributed by atoms with E-state index in [0.717, 1.165) is 16.8 Å². The predicted molar refractivity (Wildman–Crippen MR) is 86.8 cm³/mol. The van der Waals surface area contributed by atoms with Crippen molar-refractivity contribution in [2.45, 2.75) is 19.9 Å². The van der Waals surface area contributed by atoms with Gasteiger partial charge in [0.1, 0.15) is 0 Å². The molecule has 0 saturated carbocycles. The van der Waals surface area contributed by atoms with E-state index in [1.807, 2.05) is 56.3 Å². The Kier molecular flexibility index (Phi) is 4.19. The van der Waals surface area contributed by atoms with Crippen LogP contribution in [0.1, 0.15) is 34.7 Å². The highest BCUT2D eigenvalue weighted by Gasteiger charge is 2.20. The van der Waals surface area contributed by atoms with Crippen molar-refractivity contribution in [3.63, 3.8) is 0 Å². The van der Waals surface area contributed by atoms with Crippen LogP contribution >= 0.6 is 0 Å². The van der Waals surface area contributed by atoms with Gasteiger partial charge in [-0.1, -0.05) is 29.8 Å². The molecule has 0 saturated heterocycles. The summed E-state index contributed by atoms with van der Waals surface area (Å²) in [7, 11) is 0. The molecule has 5 nitrogen and oxygen atoms in total. The lowest BCUT2D eigenvalue weighted by Crippen LogP contribution is -2.27. The van der Waals surface area contributed by atoms with Gasteiger partial charge in [-0.3, -0.25) is 9.78 Å². The number of nitrogens with one attached hydrogen (secondary N) is 1. The van der Waals surface area contributed by atoms with Crippen molar-refractivity contribution in [1.82, 2.24) is 15.3 Å². The van der Waals surface area contributed by atoms with E-state index in [-0.39, 0.29) is 17.6 Å². The Morgan fingerprint density at radius 2 is 2.04 bits per heavy atom. The molecule has 1 atom stereocenters. The van der Waals surface area contributed by atoms with Gasteiger partial charge in [0.2, 0.25) is 0 Å². The molecule has 23 heavy (non-hydrogen) atoms. The summed E-state index contributed by atoms with van der Waals surface area (Å²) in [6.45, 7) is 3.87. The lowest BCUT2D eigenvalue weighted by molar-refractivity contribution is 0.0935. The highest BCUT2D eigenvalue weighted by Crippen LogP contribution is 2.24. The third-order valence-corrected chi connectivity index (χ3v) is 3.54. The molecule has 1 unspecified atom stereocenters. The summed E-state index contributed by atoms with van der Waals surface area (Å²) >= 11 is 0. The van der Waals surface area contributed by atoms with E-state index in [0.29, 0.717) is 5.76 Å². The molecule has 5 heteroatoms. The summed E-state index contributed by atoms with van der Waals surface area (Å²) in [4.78, 5) is 20.8. The summed E-state index contributed by atoms with van der Waals surface area (Å²) in [5.74, 6) is 0.188. The van der Waals surface area contributed by atoms with Crippen LogP contribution in [-0.4, -0.2) is 15.9 Å². The molecule has 1 amide bonds. The standard InChI is InChI=1S/C18H17N3O2/c1-12-6-5-7-14(10-12)17-16(20-11-23-17)18(22)21-13(2)15-8-3-4-9-19-15/h3-11,13H,1-2H3,(H,21,22). The van der Waals surface area contributed by atoms with Gasteiger partial charge in [0.15, 0.2) is 17.8 Å². The molecule has 0 aliphatic carbocycles. The molecule has 0 bridgehead atoms. The van der Waals surface area contributed by atoms with E-state index in [9.17, 15) is 4.79 Å². The Bertz CT molecular complexity index is 812. The first kappa shape index (κ1) is 15.0. The van der Waals surface area contributed by atoms with Gasteiger partial charge in [-0.25, -0.2) is 4.98 Å². The second kappa shape index (κ2) is 6.44. The fraction of sp³-hybridized carbons (Fsp3) is 0.167. The largest absolute Gasteiger partial charge is 0.443 e. The first-order chi connectivity index (χ1) is 11.1. The quantitative estimate of drug-likeness (QED) is 0.800. The molecule has 0 aliphatic rings. The maximum absolute atomic E-state index is 12.5. The average Bonchev–Trinajstić information content (AvgIpc) is 3.05. The first-order valence-corrected chi connectivity index (χ1v) is 7.37. The van der Waals surface area contributed by atoms with Crippen LogP contribution in [0.3, 0.4) is 0 Å². The average molecular weight is 307 g/mol. The van der Waals surface area contributed by atoms with Crippen molar-refractivity contribution >= 4 is 5.91 Å². The highest BCUT2D eigenvalue weighted by atomic mass is 16.3. The van der Waals surface area contributed by atoms with Crippen molar-refractivity contribution in [2.75, 3.05) is 0 Å². The molecular weight excluding hydrogens is 290 g/mol. The number of pyridine rings is 1. The van der Waals surface area contributed by atoms with E-state index in [2.05, 4.69) is 15.3 Å². The number of hydrogen-bond donors (Lipinski definition) is 1. The van der Waals surface area contributed by atoms with Crippen LogP contribution in [0.2, 0.25) is 0 Å². The van der Waals surface area contributed by atoms with Crippen molar-refractivity contribution in [2.24, 2.45) is 0 Å². The topological polar surface area (TPSA) is 68.0 Å². The van der Waals surface area contributed by atoms with E-state index in [4.69, 9.17) is 4.42 Å². The Balaban J connectivity index is 1.83. The van der Waals surface area contributed by atoms with Gasteiger partial charge >= 0.3 is 0 Å². The minimum Gasteiger partial charge on any atom is -0.443 e. The normalized spacial score (nSPS) is 11.9. The number of nitrogens with zero attached hydrogens (tertiary/aromatic N) is 2. The molecule has 0 aliphatic heterocycles. The number of carbonyl (C=O) groups is 1. The lowest BCUT2D eigenvalue weighted by Gasteiger charge is -2.12.